The first kappa shape index (κ1) is 15.0. The lowest BCUT2D eigenvalue weighted by Gasteiger charge is -2.16. The molecule has 1 N–H and O–H groups in total. The largest absolute Gasteiger partial charge is 0.481 e. The summed E-state index contributed by atoms with van der Waals surface area (Å²) in [7, 11) is -3.31. The smallest absolute Gasteiger partial charge is 0.307 e. The third-order valence-electron chi connectivity index (χ3n) is 3.92. The Kier molecular flexibility index (Phi) is 4.81. The fourth-order valence-corrected chi connectivity index (χ4v) is 4.93. The lowest BCUT2D eigenvalue weighted by Crippen LogP contribution is -2.31. The molecular weight excluding hydrogens is 276 g/mol. The summed E-state index contributed by atoms with van der Waals surface area (Å²) in [4.78, 5) is 11.3. The molecule has 1 atom stereocenters. The topological polar surface area (TPSA) is 71.4 Å². The van der Waals surface area contributed by atoms with Gasteiger partial charge in [0, 0.05) is 0 Å². The molecule has 0 saturated heterocycles. The van der Waals surface area contributed by atoms with Crippen LogP contribution in [0.5, 0.6) is 0 Å². The average molecular weight is 296 g/mol. The first-order valence-electron chi connectivity index (χ1n) is 6.97. The number of benzene rings is 1. The van der Waals surface area contributed by atoms with Crippen LogP contribution < -0.4 is 0 Å². The number of carbonyl (C=O) groups is 1. The van der Waals surface area contributed by atoms with Gasteiger partial charge in [-0.1, -0.05) is 43.2 Å². The average Bonchev–Trinajstić information content (AvgIpc) is 2.93. The van der Waals surface area contributed by atoms with Gasteiger partial charge in [-0.15, -0.1) is 0 Å². The van der Waals surface area contributed by atoms with Crippen LogP contribution in [0.1, 0.15) is 31.2 Å². The normalized spacial score (nSPS) is 18.0. The van der Waals surface area contributed by atoms with Crippen molar-refractivity contribution in [2.75, 3.05) is 5.75 Å². The minimum atomic E-state index is -3.31. The van der Waals surface area contributed by atoms with Crippen LogP contribution in [-0.2, 0) is 21.1 Å². The fourth-order valence-electron chi connectivity index (χ4n) is 2.78. The second kappa shape index (κ2) is 6.39. The van der Waals surface area contributed by atoms with Crippen LogP contribution in [0.4, 0.5) is 0 Å². The molecule has 0 spiro atoms. The molecule has 1 unspecified atom stereocenters. The summed E-state index contributed by atoms with van der Waals surface area (Å²) in [6, 6.07) is 9.18. The van der Waals surface area contributed by atoms with Crippen molar-refractivity contribution < 1.29 is 18.3 Å². The molecule has 0 aromatic heterocycles. The number of carboxylic acids is 1. The van der Waals surface area contributed by atoms with Crippen molar-refractivity contribution in [3.8, 4) is 0 Å². The predicted octanol–water partition coefficient (Wildman–Crippen LogP) is 2.29. The molecule has 0 heterocycles. The fraction of sp³-hybridized carbons (Fsp3) is 0.533. The van der Waals surface area contributed by atoms with Gasteiger partial charge in [-0.3, -0.25) is 4.79 Å². The van der Waals surface area contributed by atoms with Crippen LogP contribution in [0.15, 0.2) is 30.3 Å². The minimum absolute atomic E-state index is 0.248. The van der Waals surface area contributed by atoms with E-state index in [4.69, 9.17) is 0 Å². The van der Waals surface area contributed by atoms with Gasteiger partial charge in [-0.05, 0) is 24.8 Å². The standard InChI is InChI=1S/C15H20O4S/c16-15(17)13(10-12-6-2-1-3-7-12)11-20(18,19)14-8-4-5-9-14/h1-3,6-7,13-14H,4-5,8-11H2,(H,16,17). The first-order valence-corrected chi connectivity index (χ1v) is 8.69. The molecule has 1 fully saturated rings. The highest BCUT2D eigenvalue weighted by molar-refractivity contribution is 7.92. The van der Waals surface area contributed by atoms with Crippen LogP contribution in [0, 0.1) is 5.92 Å². The van der Waals surface area contributed by atoms with Crippen LogP contribution in [0.2, 0.25) is 0 Å². The lowest BCUT2D eigenvalue weighted by atomic mass is 10.0. The maximum absolute atomic E-state index is 12.3. The van der Waals surface area contributed by atoms with E-state index in [9.17, 15) is 18.3 Å². The predicted molar refractivity (Wildman–Crippen MR) is 77.3 cm³/mol. The maximum Gasteiger partial charge on any atom is 0.307 e. The first-order chi connectivity index (χ1) is 9.49. The molecule has 0 radical (unpaired) electrons. The van der Waals surface area contributed by atoms with Crippen molar-refractivity contribution in [1.82, 2.24) is 0 Å². The van der Waals surface area contributed by atoms with E-state index in [1.54, 1.807) is 0 Å². The maximum atomic E-state index is 12.3. The van der Waals surface area contributed by atoms with Gasteiger partial charge in [0.25, 0.3) is 0 Å². The molecule has 1 aromatic carbocycles. The molecule has 0 amide bonds. The Bertz CT molecular complexity index is 544. The van der Waals surface area contributed by atoms with Gasteiger partial charge in [0.05, 0.1) is 16.9 Å². The van der Waals surface area contributed by atoms with Gasteiger partial charge in [-0.2, -0.15) is 0 Å². The Hall–Kier alpha value is -1.36. The Morgan fingerprint density at radius 2 is 1.80 bits per heavy atom. The van der Waals surface area contributed by atoms with E-state index >= 15 is 0 Å². The quantitative estimate of drug-likeness (QED) is 0.874. The van der Waals surface area contributed by atoms with E-state index in [0.717, 1.165) is 18.4 Å². The zero-order valence-electron chi connectivity index (χ0n) is 11.4. The van der Waals surface area contributed by atoms with Crippen LogP contribution in [0.25, 0.3) is 0 Å². The SMILES string of the molecule is O=C(O)C(Cc1ccccc1)CS(=O)(=O)C1CCCC1. The number of sulfone groups is 1. The Labute approximate surface area is 119 Å². The van der Waals surface area contributed by atoms with E-state index in [1.807, 2.05) is 30.3 Å². The van der Waals surface area contributed by atoms with Gasteiger partial charge in [-0.25, -0.2) is 8.42 Å². The minimum Gasteiger partial charge on any atom is -0.481 e. The summed E-state index contributed by atoms with van der Waals surface area (Å²) in [5.41, 5.74) is 0.863. The molecular formula is C15H20O4S. The third-order valence-corrected chi connectivity index (χ3v) is 6.27. The van der Waals surface area contributed by atoms with Crippen molar-refractivity contribution in [2.45, 2.75) is 37.4 Å². The monoisotopic (exact) mass is 296 g/mol. The molecule has 0 aliphatic heterocycles. The highest BCUT2D eigenvalue weighted by atomic mass is 32.2. The molecule has 5 heteroatoms. The Morgan fingerprint density at radius 1 is 1.20 bits per heavy atom. The second-order valence-corrected chi connectivity index (χ2v) is 7.79. The summed E-state index contributed by atoms with van der Waals surface area (Å²) < 4.78 is 24.5. The highest BCUT2D eigenvalue weighted by Crippen LogP contribution is 2.27. The number of hydrogen-bond donors (Lipinski definition) is 1. The molecule has 1 saturated carbocycles. The van der Waals surface area contributed by atoms with Crippen molar-refractivity contribution in [1.29, 1.82) is 0 Å². The second-order valence-electron chi connectivity index (χ2n) is 5.46. The molecule has 20 heavy (non-hydrogen) atoms. The molecule has 110 valence electrons. The summed E-state index contributed by atoms with van der Waals surface area (Å²) in [6.07, 6.45) is 3.49. The number of rotatable bonds is 6. The van der Waals surface area contributed by atoms with Crippen LogP contribution in [-0.4, -0.2) is 30.5 Å². The summed E-state index contributed by atoms with van der Waals surface area (Å²) in [5.74, 6) is -2.14. The zero-order valence-corrected chi connectivity index (χ0v) is 12.2. The Balaban J connectivity index is 2.08. The van der Waals surface area contributed by atoms with E-state index in [2.05, 4.69) is 0 Å². The highest BCUT2D eigenvalue weighted by Gasteiger charge is 2.33. The molecule has 0 bridgehead atoms. The van der Waals surface area contributed by atoms with Gasteiger partial charge < -0.3 is 5.11 Å². The van der Waals surface area contributed by atoms with Crippen molar-refractivity contribution in [2.24, 2.45) is 5.92 Å². The number of aliphatic carboxylic acids is 1. The van der Waals surface area contributed by atoms with E-state index < -0.39 is 21.7 Å². The van der Waals surface area contributed by atoms with Crippen molar-refractivity contribution in [3.05, 3.63) is 35.9 Å². The molecule has 1 aliphatic carbocycles. The molecule has 1 aliphatic rings. The summed E-state index contributed by atoms with van der Waals surface area (Å²) >= 11 is 0. The van der Waals surface area contributed by atoms with E-state index in [1.165, 1.54) is 0 Å². The van der Waals surface area contributed by atoms with Gasteiger partial charge in [0.15, 0.2) is 9.84 Å². The zero-order chi connectivity index (χ0) is 14.6. The summed E-state index contributed by atoms with van der Waals surface area (Å²) in [5, 5.41) is 8.94. The van der Waals surface area contributed by atoms with Crippen LogP contribution in [0.3, 0.4) is 0 Å². The summed E-state index contributed by atoms with van der Waals surface area (Å²) in [6.45, 7) is 0. The van der Waals surface area contributed by atoms with E-state index in [-0.39, 0.29) is 17.4 Å². The Morgan fingerprint density at radius 3 is 2.35 bits per heavy atom. The molecule has 4 nitrogen and oxygen atoms in total. The van der Waals surface area contributed by atoms with Gasteiger partial charge in [0.1, 0.15) is 0 Å². The van der Waals surface area contributed by atoms with Gasteiger partial charge >= 0.3 is 5.97 Å². The number of carboxylic acid groups (broad SMARTS) is 1. The van der Waals surface area contributed by atoms with Gasteiger partial charge in [0.2, 0.25) is 0 Å². The van der Waals surface area contributed by atoms with Crippen molar-refractivity contribution >= 4 is 15.8 Å². The number of hydrogen-bond acceptors (Lipinski definition) is 3. The lowest BCUT2D eigenvalue weighted by molar-refractivity contribution is -0.140. The van der Waals surface area contributed by atoms with Crippen molar-refractivity contribution in [3.63, 3.8) is 0 Å². The van der Waals surface area contributed by atoms with Crippen LogP contribution >= 0.6 is 0 Å². The van der Waals surface area contributed by atoms with E-state index in [0.29, 0.717) is 12.8 Å². The molecule has 1 aromatic rings. The molecule has 2 rings (SSSR count). The third kappa shape index (κ3) is 3.82.